The predicted molar refractivity (Wildman–Crippen MR) is 66.6 cm³/mol. The molecule has 0 bridgehead atoms. The third kappa shape index (κ3) is 3.41. The van der Waals surface area contributed by atoms with Crippen LogP contribution in [0.3, 0.4) is 0 Å². The zero-order valence-corrected chi connectivity index (χ0v) is 10.3. The number of rotatable bonds is 6. The van der Waals surface area contributed by atoms with Crippen molar-refractivity contribution in [3.63, 3.8) is 0 Å². The Bertz CT molecular complexity index is 421. The van der Waals surface area contributed by atoms with Crippen LogP contribution in [0.1, 0.15) is 58.9 Å². The van der Waals surface area contributed by atoms with E-state index in [-0.39, 0.29) is 11.3 Å². The average Bonchev–Trinajstić information content (AvgIpc) is 2.28. The van der Waals surface area contributed by atoms with Gasteiger partial charge in [0.1, 0.15) is 0 Å². The maximum atomic E-state index is 11.9. The largest absolute Gasteiger partial charge is 0.478 e. The number of benzene rings is 1. The normalized spacial score (nSPS) is 10.2. The minimum absolute atomic E-state index is 0.0699. The van der Waals surface area contributed by atoms with Crippen LogP contribution in [0, 0.1) is 6.92 Å². The van der Waals surface area contributed by atoms with Crippen LogP contribution >= 0.6 is 0 Å². The van der Waals surface area contributed by atoms with E-state index in [4.69, 9.17) is 5.11 Å². The van der Waals surface area contributed by atoms with Crippen LogP contribution in [0.25, 0.3) is 0 Å². The van der Waals surface area contributed by atoms with Gasteiger partial charge in [-0.15, -0.1) is 0 Å². The summed E-state index contributed by atoms with van der Waals surface area (Å²) in [6.07, 6.45) is 3.30. The first-order valence-corrected chi connectivity index (χ1v) is 5.94. The van der Waals surface area contributed by atoms with E-state index >= 15 is 0 Å². The summed E-state index contributed by atoms with van der Waals surface area (Å²) in [6.45, 7) is 3.78. The summed E-state index contributed by atoms with van der Waals surface area (Å²) < 4.78 is 0. The summed E-state index contributed by atoms with van der Waals surface area (Å²) in [6, 6.07) is 5.05. The number of hydrogen-bond donors (Lipinski definition) is 1. The van der Waals surface area contributed by atoms with Crippen molar-refractivity contribution in [1.82, 2.24) is 0 Å². The molecule has 1 aromatic carbocycles. The van der Waals surface area contributed by atoms with Crippen molar-refractivity contribution >= 4 is 11.8 Å². The smallest absolute Gasteiger partial charge is 0.336 e. The molecule has 0 heterocycles. The molecular weight excluding hydrogens is 216 g/mol. The molecule has 0 radical (unpaired) electrons. The minimum Gasteiger partial charge on any atom is -0.478 e. The van der Waals surface area contributed by atoms with Gasteiger partial charge in [-0.25, -0.2) is 4.79 Å². The fourth-order valence-corrected chi connectivity index (χ4v) is 1.85. The molecule has 0 amide bonds. The van der Waals surface area contributed by atoms with Crippen molar-refractivity contribution in [3.8, 4) is 0 Å². The highest BCUT2D eigenvalue weighted by atomic mass is 16.4. The van der Waals surface area contributed by atoms with Crippen molar-refractivity contribution < 1.29 is 14.7 Å². The maximum absolute atomic E-state index is 11.9. The molecular formula is C14H18O3. The van der Waals surface area contributed by atoms with Gasteiger partial charge in [0.2, 0.25) is 0 Å². The van der Waals surface area contributed by atoms with Crippen molar-refractivity contribution in [3.05, 3.63) is 34.9 Å². The minimum atomic E-state index is -1.03. The zero-order chi connectivity index (χ0) is 12.8. The van der Waals surface area contributed by atoms with E-state index in [2.05, 4.69) is 6.92 Å². The topological polar surface area (TPSA) is 54.4 Å². The molecule has 0 aromatic heterocycles. The van der Waals surface area contributed by atoms with Crippen LogP contribution in [-0.2, 0) is 0 Å². The van der Waals surface area contributed by atoms with Gasteiger partial charge >= 0.3 is 5.97 Å². The first-order chi connectivity index (χ1) is 8.07. The molecule has 0 fully saturated rings. The highest BCUT2D eigenvalue weighted by Crippen LogP contribution is 2.17. The molecule has 1 aromatic rings. The van der Waals surface area contributed by atoms with Crippen LogP contribution in [-0.4, -0.2) is 16.9 Å². The lowest BCUT2D eigenvalue weighted by Gasteiger charge is -2.07. The first kappa shape index (κ1) is 13.4. The van der Waals surface area contributed by atoms with Gasteiger partial charge in [0.05, 0.1) is 5.56 Å². The standard InChI is InChI=1S/C14H18O3/c1-3-4-5-9-12(15)11-8-6-7-10(2)13(11)14(16)17/h6-8H,3-5,9H2,1-2H3,(H,16,17). The third-order valence-electron chi connectivity index (χ3n) is 2.79. The van der Waals surface area contributed by atoms with Crippen LogP contribution in [0.4, 0.5) is 0 Å². The van der Waals surface area contributed by atoms with Gasteiger partial charge in [0, 0.05) is 12.0 Å². The first-order valence-electron chi connectivity index (χ1n) is 5.94. The molecule has 0 saturated carbocycles. The van der Waals surface area contributed by atoms with Gasteiger partial charge in [0.15, 0.2) is 5.78 Å². The number of carboxylic acids is 1. The fourth-order valence-electron chi connectivity index (χ4n) is 1.85. The Labute approximate surface area is 101 Å². The SMILES string of the molecule is CCCCCC(=O)c1cccc(C)c1C(=O)O. The number of hydrogen-bond acceptors (Lipinski definition) is 2. The van der Waals surface area contributed by atoms with E-state index in [0.717, 1.165) is 19.3 Å². The second-order valence-electron chi connectivity index (χ2n) is 4.18. The van der Waals surface area contributed by atoms with Gasteiger partial charge in [-0.1, -0.05) is 38.0 Å². The fraction of sp³-hybridized carbons (Fsp3) is 0.429. The van der Waals surface area contributed by atoms with Gasteiger partial charge in [-0.3, -0.25) is 4.79 Å². The molecule has 0 spiro atoms. The number of aromatic carboxylic acids is 1. The Kier molecular flexibility index (Phi) is 4.88. The van der Waals surface area contributed by atoms with Crippen molar-refractivity contribution in [1.29, 1.82) is 0 Å². The molecule has 1 N–H and O–H groups in total. The lowest BCUT2D eigenvalue weighted by Crippen LogP contribution is -2.10. The zero-order valence-electron chi connectivity index (χ0n) is 10.3. The van der Waals surface area contributed by atoms with E-state index in [1.54, 1.807) is 25.1 Å². The second kappa shape index (κ2) is 6.18. The quantitative estimate of drug-likeness (QED) is 0.605. The molecule has 0 aliphatic heterocycles. The molecule has 0 unspecified atom stereocenters. The van der Waals surface area contributed by atoms with E-state index in [1.165, 1.54) is 0 Å². The van der Waals surface area contributed by atoms with E-state index < -0.39 is 5.97 Å². The van der Waals surface area contributed by atoms with Gasteiger partial charge in [-0.05, 0) is 18.9 Å². The molecule has 92 valence electrons. The summed E-state index contributed by atoms with van der Waals surface area (Å²) in [5, 5.41) is 9.11. The molecule has 1 rings (SSSR count). The number of aryl methyl sites for hydroxylation is 1. The maximum Gasteiger partial charge on any atom is 0.336 e. The summed E-state index contributed by atoms with van der Waals surface area (Å²) in [7, 11) is 0. The Hall–Kier alpha value is -1.64. The van der Waals surface area contributed by atoms with Gasteiger partial charge in [0.25, 0.3) is 0 Å². The number of ketones is 1. The number of carboxylic acid groups (broad SMARTS) is 1. The molecule has 0 aliphatic rings. The molecule has 17 heavy (non-hydrogen) atoms. The predicted octanol–water partition coefficient (Wildman–Crippen LogP) is 3.46. The summed E-state index contributed by atoms with van der Waals surface area (Å²) in [5.74, 6) is -1.10. The Morgan fingerprint density at radius 1 is 1.24 bits per heavy atom. The highest BCUT2D eigenvalue weighted by Gasteiger charge is 2.17. The second-order valence-corrected chi connectivity index (χ2v) is 4.18. The average molecular weight is 234 g/mol. The summed E-state index contributed by atoms with van der Waals surface area (Å²) in [4.78, 5) is 23.1. The lowest BCUT2D eigenvalue weighted by molar-refractivity contribution is 0.0691. The number of Topliss-reactive ketones (excluding diaryl/α,β-unsaturated/α-hetero) is 1. The molecule has 0 atom stereocenters. The third-order valence-corrected chi connectivity index (χ3v) is 2.79. The Morgan fingerprint density at radius 3 is 2.53 bits per heavy atom. The van der Waals surface area contributed by atoms with Crippen molar-refractivity contribution in [2.24, 2.45) is 0 Å². The lowest BCUT2D eigenvalue weighted by atomic mass is 9.96. The van der Waals surface area contributed by atoms with Crippen LogP contribution in [0.15, 0.2) is 18.2 Å². The Balaban J connectivity index is 2.93. The van der Waals surface area contributed by atoms with Crippen molar-refractivity contribution in [2.75, 3.05) is 0 Å². The molecule has 3 nitrogen and oxygen atoms in total. The Morgan fingerprint density at radius 2 is 1.94 bits per heavy atom. The number of carbonyl (C=O) groups excluding carboxylic acids is 1. The van der Waals surface area contributed by atoms with Crippen LogP contribution in [0.5, 0.6) is 0 Å². The van der Waals surface area contributed by atoms with E-state index in [9.17, 15) is 9.59 Å². The molecule has 3 heteroatoms. The summed E-state index contributed by atoms with van der Waals surface area (Å²) >= 11 is 0. The van der Waals surface area contributed by atoms with Crippen LogP contribution < -0.4 is 0 Å². The monoisotopic (exact) mass is 234 g/mol. The van der Waals surface area contributed by atoms with Gasteiger partial charge in [-0.2, -0.15) is 0 Å². The number of carbonyl (C=O) groups is 2. The molecule has 0 saturated heterocycles. The van der Waals surface area contributed by atoms with E-state index in [1.807, 2.05) is 0 Å². The number of unbranched alkanes of at least 4 members (excludes halogenated alkanes) is 2. The van der Waals surface area contributed by atoms with Crippen molar-refractivity contribution in [2.45, 2.75) is 39.5 Å². The highest BCUT2D eigenvalue weighted by molar-refractivity contribution is 6.06. The molecule has 0 aliphatic carbocycles. The van der Waals surface area contributed by atoms with Gasteiger partial charge < -0.3 is 5.11 Å². The summed E-state index contributed by atoms with van der Waals surface area (Å²) in [5.41, 5.74) is 1.13. The van der Waals surface area contributed by atoms with E-state index in [0.29, 0.717) is 17.5 Å². The van der Waals surface area contributed by atoms with Crippen LogP contribution in [0.2, 0.25) is 0 Å².